The molecule has 0 saturated carbocycles. The summed E-state index contributed by atoms with van der Waals surface area (Å²) in [5.41, 5.74) is 1.23. The van der Waals surface area contributed by atoms with Gasteiger partial charge in [-0.15, -0.1) is 0 Å². The normalized spacial score (nSPS) is 12.0. The van der Waals surface area contributed by atoms with E-state index in [4.69, 9.17) is 4.74 Å². The first kappa shape index (κ1) is 17.0. The van der Waals surface area contributed by atoms with Crippen LogP contribution in [0.4, 0.5) is 10.1 Å². The molecule has 0 aliphatic heterocycles. The van der Waals surface area contributed by atoms with E-state index >= 15 is 0 Å². The Morgan fingerprint density at radius 2 is 2.00 bits per heavy atom. The van der Waals surface area contributed by atoms with Crippen LogP contribution in [0.15, 0.2) is 48.5 Å². The minimum atomic E-state index is -0.441. The largest absolute Gasteiger partial charge is 0.497 e. The summed E-state index contributed by atoms with van der Waals surface area (Å²) in [7, 11) is 3.47. The highest BCUT2D eigenvalue weighted by Gasteiger charge is 2.19. The lowest BCUT2D eigenvalue weighted by Crippen LogP contribution is -2.39. The summed E-state index contributed by atoms with van der Waals surface area (Å²) in [5, 5.41) is 2.62. The van der Waals surface area contributed by atoms with E-state index in [0.29, 0.717) is 6.54 Å². The Hall–Kier alpha value is -2.40. The fraction of sp³-hybridized carbons (Fsp3) is 0.278. The minimum Gasteiger partial charge on any atom is -0.497 e. The third kappa shape index (κ3) is 4.53. The SMILES string of the molecule is COc1cccc(CN(C)[C@H](C)C(=O)Nc2ccccc2F)c1. The van der Waals surface area contributed by atoms with Gasteiger partial charge in [0, 0.05) is 6.54 Å². The third-order valence-electron chi connectivity index (χ3n) is 3.74. The van der Waals surface area contributed by atoms with Gasteiger partial charge in [-0.25, -0.2) is 4.39 Å². The smallest absolute Gasteiger partial charge is 0.241 e. The highest BCUT2D eigenvalue weighted by Crippen LogP contribution is 2.16. The molecule has 0 aliphatic carbocycles. The van der Waals surface area contributed by atoms with Crippen LogP contribution in [0.5, 0.6) is 5.75 Å². The molecular weight excluding hydrogens is 295 g/mol. The van der Waals surface area contributed by atoms with Crippen molar-refractivity contribution in [3.8, 4) is 5.75 Å². The van der Waals surface area contributed by atoms with Crippen molar-refractivity contribution in [1.29, 1.82) is 0 Å². The zero-order chi connectivity index (χ0) is 16.8. The van der Waals surface area contributed by atoms with Crippen LogP contribution in [0.3, 0.4) is 0 Å². The number of methoxy groups -OCH3 is 1. The molecule has 2 aromatic carbocycles. The highest BCUT2D eigenvalue weighted by molar-refractivity contribution is 5.94. The van der Waals surface area contributed by atoms with Crippen LogP contribution in [-0.2, 0) is 11.3 Å². The summed E-state index contributed by atoms with van der Waals surface area (Å²) >= 11 is 0. The fourth-order valence-electron chi connectivity index (χ4n) is 2.20. The molecule has 1 N–H and O–H groups in total. The third-order valence-corrected chi connectivity index (χ3v) is 3.74. The second kappa shape index (κ2) is 7.74. The zero-order valence-corrected chi connectivity index (χ0v) is 13.5. The van der Waals surface area contributed by atoms with Crippen molar-refractivity contribution < 1.29 is 13.9 Å². The van der Waals surface area contributed by atoms with Crippen LogP contribution in [0.2, 0.25) is 0 Å². The van der Waals surface area contributed by atoms with Gasteiger partial charge in [-0.1, -0.05) is 24.3 Å². The molecule has 4 nitrogen and oxygen atoms in total. The number of carbonyl (C=O) groups is 1. The second-order valence-corrected chi connectivity index (χ2v) is 5.41. The number of para-hydroxylation sites is 1. The molecule has 0 saturated heterocycles. The van der Waals surface area contributed by atoms with Crippen LogP contribution in [0.25, 0.3) is 0 Å². The number of carbonyl (C=O) groups excluding carboxylic acids is 1. The van der Waals surface area contributed by atoms with E-state index in [1.54, 1.807) is 32.2 Å². The average Bonchev–Trinajstić information content (AvgIpc) is 2.56. The summed E-state index contributed by atoms with van der Waals surface area (Å²) in [6.45, 7) is 2.37. The lowest BCUT2D eigenvalue weighted by atomic mass is 10.1. The number of ether oxygens (including phenoxy) is 1. The van der Waals surface area contributed by atoms with Gasteiger partial charge in [0.15, 0.2) is 0 Å². The van der Waals surface area contributed by atoms with E-state index in [1.807, 2.05) is 36.2 Å². The number of anilines is 1. The first-order chi connectivity index (χ1) is 11.0. The number of halogens is 1. The quantitative estimate of drug-likeness (QED) is 0.889. The molecule has 0 radical (unpaired) electrons. The Labute approximate surface area is 135 Å². The predicted molar refractivity (Wildman–Crippen MR) is 89.0 cm³/mol. The molecular formula is C18H21FN2O2. The Balaban J connectivity index is 1.99. The van der Waals surface area contributed by atoms with Gasteiger partial charge in [0.2, 0.25) is 5.91 Å². The maximum atomic E-state index is 13.6. The van der Waals surface area contributed by atoms with Crippen molar-refractivity contribution in [2.24, 2.45) is 0 Å². The number of nitrogens with zero attached hydrogens (tertiary/aromatic N) is 1. The molecule has 5 heteroatoms. The summed E-state index contributed by atoms with van der Waals surface area (Å²) in [6, 6.07) is 13.4. The standard InChI is InChI=1S/C18H21FN2O2/c1-13(18(22)20-17-10-5-4-9-16(17)19)21(2)12-14-7-6-8-15(11-14)23-3/h4-11,13H,12H2,1-3H3,(H,20,22)/t13-/m1/s1. The number of likely N-dealkylation sites (N-methyl/N-ethyl adjacent to an activating group) is 1. The lowest BCUT2D eigenvalue weighted by molar-refractivity contribution is -0.120. The van der Waals surface area contributed by atoms with Crippen LogP contribution < -0.4 is 10.1 Å². The highest BCUT2D eigenvalue weighted by atomic mass is 19.1. The van der Waals surface area contributed by atoms with Gasteiger partial charge in [-0.05, 0) is 43.8 Å². The number of hydrogen-bond acceptors (Lipinski definition) is 3. The summed E-state index contributed by atoms with van der Waals surface area (Å²) in [4.78, 5) is 14.2. The zero-order valence-electron chi connectivity index (χ0n) is 13.5. The Kier molecular flexibility index (Phi) is 5.71. The molecule has 2 rings (SSSR count). The number of amides is 1. The molecule has 0 heterocycles. The van der Waals surface area contributed by atoms with E-state index in [9.17, 15) is 9.18 Å². The Bertz CT molecular complexity index is 676. The van der Waals surface area contributed by atoms with E-state index in [-0.39, 0.29) is 11.6 Å². The van der Waals surface area contributed by atoms with E-state index in [2.05, 4.69) is 5.32 Å². The molecule has 0 spiro atoms. The minimum absolute atomic E-state index is 0.194. The monoisotopic (exact) mass is 316 g/mol. The molecule has 0 bridgehead atoms. The van der Waals surface area contributed by atoms with Gasteiger partial charge in [-0.2, -0.15) is 0 Å². The van der Waals surface area contributed by atoms with E-state index < -0.39 is 11.9 Å². The van der Waals surface area contributed by atoms with Crippen LogP contribution >= 0.6 is 0 Å². The van der Waals surface area contributed by atoms with Crippen molar-refractivity contribution in [2.75, 3.05) is 19.5 Å². The average molecular weight is 316 g/mol. The van der Waals surface area contributed by atoms with Crippen molar-refractivity contribution in [2.45, 2.75) is 19.5 Å². The van der Waals surface area contributed by atoms with Crippen molar-refractivity contribution in [3.05, 3.63) is 59.9 Å². The Morgan fingerprint density at radius 1 is 1.26 bits per heavy atom. The van der Waals surface area contributed by atoms with E-state index in [0.717, 1.165) is 11.3 Å². The topological polar surface area (TPSA) is 41.6 Å². The van der Waals surface area contributed by atoms with Gasteiger partial charge in [-0.3, -0.25) is 9.69 Å². The maximum Gasteiger partial charge on any atom is 0.241 e. The second-order valence-electron chi connectivity index (χ2n) is 5.41. The first-order valence-electron chi connectivity index (χ1n) is 7.40. The first-order valence-corrected chi connectivity index (χ1v) is 7.40. The number of benzene rings is 2. The van der Waals surface area contributed by atoms with E-state index in [1.165, 1.54) is 6.07 Å². The maximum absolute atomic E-state index is 13.6. The van der Waals surface area contributed by atoms with Gasteiger partial charge in [0.1, 0.15) is 11.6 Å². The van der Waals surface area contributed by atoms with Crippen molar-refractivity contribution >= 4 is 11.6 Å². The summed E-state index contributed by atoms with van der Waals surface area (Å²) in [6.07, 6.45) is 0. The lowest BCUT2D eigenvalue weighted by Gasteiger charge is -2.24. The van der Waals surface area contributed by atoms with Crippen molar-refractivity contribution in [3.63, 3.8) is 0 Å². The molecule has 23 heavy (non-hydrogen) atoms. The fourth-order valence-corrected chi connectivity index (χ4v) is 2.20. The predicted octanol–water partition coefficient (Wildman–Crippen LogP) is 3.29. The van der Waals surface area contributed by atoms with Crippen LogP contribution in [-0.4, -0.2) is 31.0 Å². The molecule has 1 amide bonds. The number of rotatable bonds is 6. The molecule has 0 aromatic heterocycles. The number of hydrogen-bond donors (Lipinski definition) is 1. The van der Waals surface area contributed by atoms with Crippen LogP contribution in [0, 0.1) is 5.82 Å². The van der Waals surface area contributed by atoms with Crippen LogP contribution in [0.1, 0.15) is 12.5 Å². The van der Waals surface area contributed by atoms with Gasteiger partial charge in [0.25, 0.3) is 0 Å². The van der Waals surface area contributed by atoms with Gasteiger partial charge >= 0.3 is 0 Å². The van der Waals surface area contributed by atoms with Crippen molar-refractivity contribution in [1.82, 2.24) is 4.90 Å². The summed E-state index contributed by atoms with van der Waals surface area (Å²) in [5.74, 6) is 0.0864. The molecule has 2 aromatic rings. The van der Waals surface area contributed by atoms with Gasteiger partial charge < -0.3 is 10.1 Å². The van der Waals surface area contributed by atoms with Gasteiger partial charge in [0.05, 0.1) is 18.8 Å². The molecule has 0 unspecified atom stereocenters. The molecule has 1 atom stereocenters. The number of nitrogens with one attached hydrogen (secondary N) is 1. The molecule has 122 valence electrons. The summed E-state index contributed by atoms with van der Waals surface area (Å²) < 4.78 is 18.8. The molecule has 0 aliphatic rings. The Morgan fingerprint density at radius 3 is 2.70 bits per heavy atom. The molecule has 0 fully saturated rings.